The third-order valence-corrected chi connectivity index (χ3v) is 3.19. The standard InChI is InChI=1S/C15H15F3N2O2/c1-9-12(7-21)13(8-22-2)20-14(19-9)10-4-3-5-11(6-10)15(16,17)18/h3-6,21H,7-8H2,1-2H3. The lowest BCUT2D eigenvalue weighted by atomic mass is 10.1. The lowest BCUT2D eigenvalue weighted by Gasteiger charge is -2.12. The molecular formula is C15H15F3N2O2. The molecule has 2 aromatic rings. The maximum absolute atomic E-state index is 12.8. The molecular weight excluding hydrogens is 297 g/mol. The van der Waals surface area contributed by atoms with Crippen LogP contribution in [0.5, 0.6) is 0 Å². The maximum Gasteiger partial charge on any atom is 0.416 e. The van der Waals surface area contributed by atoms with Gasteiger partial charge in [0.2, 0.25) is 0 Å². The minimum absolute atomic E-state index is 0.144. The first-order chi connectivity index (χ1) is 10.4. The van der Waals surface area contributed by atoms with E-state index in [9.17, 15) is 18.3 Å². The van der Waals surface area contributed by atoms with Crippen molar-refractivity contribution >= 4 is 0 Å². The molecule has 0 aliphatic carbocycles. The van der Waals surface area contributed by atoms with E-state index in [-0.39, 0.29) is 24.6 Å². The highest BCUT2D eigenvalue weighted by Gasteiger charge is 2.30. The number of hydrogen-bond donors (Lipinski definition) is 1. The molecule has 0 unspecified atom stereocenters. The van der Waals surface area contributed by atoms with E-state index in [1.54, 1.807) is 6.92 Å². The van der Waals surface area contributed by atoms with Crippen molar-refractivity contribution in [2.24, 2.45) is 0 Å². The topological polar surface area (TPSA) is 55.2 Å². The number of methoxy groups -OCH3 is 1. The molecule has 0 radical (unpaired) electrons. The second-order valence-corrected chi connectivity index (χ2v) is 4.73. The molecule has 0 fully saturated rings. The van der Waals surface area contributed by atoms with Crippen molar-refractivity contribution in [3.63, 3.8) is 0 Å². The molecule has 7 heteroatoms. The van der Waals surface area contributed by atoms with Crippen LogP contribution in [0.3, 0.4) is 0 Å². The van der Waals surface area contributed by atoms with Crippen molar-refractivity contribution in [1.29, 1.82) is 0 Å². The van der Waals surface area contributed by atoms with Gasteiger partial charge in [0, 0.05) is 23.9 Å². The number of ether oxygens (including phenoxy) is 1. The largest absolute Gasteiger partial charge is 0.416 e. The Morgan fingerprint density at radius 1 is 1.23 bits per heavy atom. The molecule has 1 heterocycles. The van der Waals surface area contributed by atoms with Crippen molar-refractivity contribution in [3.05, 3.63) is 46.8 Å². The lowest BCUT2D eigenvalue weighted by molar-refractivity contribution is -0.137. The number of benzene rings is 1. The summed E-state index contributed by atoms with van der Waals surface area (Å²) in [5.74, 6) is 0.174. The predicted octanol–water partition coefficient (Wildman–Crippen LogP) is 3.11. The van der Waals surface area contributed by atoms with Gasteiger partial charge in [-0.15, -0.1) is 0 Å². The van der Waals surface area contributed by atoms with Crippen LogP contribution in [0, 0.1) is 6.92 Å². The van der Waals surface area contributed by atoms with E-state index in [1.165, 1.54) is 19.2 Å². The minimum atomic E-state index is -4.43. The first-order valence-electron chi connectivity index (χ1n) is 6.50. The fourth-order valence-corrected chi connectivity index (χ4v) is 2.08. The zero-order chi connectivity index (χ0) is 16.3. The summed E-state index contributed by atoms with van der Waals surface area (Å²) >= 11 is 0. The Balaban J connectivity index is 2.53. The summed E-state index contributed by atoms with van der Waals surface area (Å²) in [5, 5.41) is 9.35. The summed E-state index contributed by atoms with van der Waals surface area (Å²) in [4.78, 5) is 8.41. The number of hydrogen-bond acceptors (Lipinski definition) is 4. The number of aliphatic hydroxyl groups excluding tert-OH is 1. The smallest absolute Gasteiger partial charge is 0.392 e. The molecule has 4 nitrogen and oxygen atoms in total. The lowest BCUT2D eigenvalue weighted by Crippen LogP contribution is -2.08. The summed E-state index contributed by atoms with van der Waals surface area (Å²) in [6.45, 7) is 1.56. The minimum Gasteiger partial charge on any atom is -0.392 e. The van der Waals surface area contributed by atoms with Crippen LogP contribution < -0.4 is 0 Å². The highest BCUT2D eigenvalue weighted by Crippen LogP contribution is 2.31. The number of aromatic nitrogens is 2. The normalized spacial score (nSPS) is 11.7. The van der Waals surface area contributed by atoms with Crippen molar-refractivity contribution in [3.8, 4) is 11.4 Å². The molecule has 0 saturated carbocycles. The molecule has 0 aliphatic rings. The van der Waals surface area contributed by atoms with Crippen LogP contribution >= 0.6 is 0 Å². The molecule has 1 aromatic heterocycles. The van der Waals surface area contributed by atoms with Crippen molar-refractivity contribution in [1.82, 2.24) is 9.97 Å². The third-order valence-electron chi connectivity index (χ3n) is 3.19. The Morgan fingerprint density at radius 3 is 2.55 bits per heavy atom. The first kappa shape index (κ1) is 16.4. The number of halogens is 3. The molecule has 118 valence electrons. The van der Waals surface area contributed by atoms with E-state index in [2.05, 4.69) is 9.97 Å². The van der Waals surface area contributed by atoms with Gasteiger partial charge < -0.3 is 9.84 Å². The highest BCUT2D eigenvalue weighted by molar-refractivity contribution is 5.57. The third kappa shape index (κ3) is 3.42. The average molecular weight is 312 g/mol. The van der Waals surface area contributed by atoms with Gasteiger partial charge in [0.15, 0.2) is 5.82 Å². The van der Waals surface area contributed by atoms with Gasteiger partial charge in [-0.3, -0.25) is 0 Å². The Labute approximate surface area is 125 Å². The molecule has 1 aromatic carbocycles. The number of aliphatic hydroxyl groups is 1. The Bertz CT molecular complexity index is 672. The Kier molecular flexibility index (Phi) is 4.77. The van der Waals surface area contributed by atoms with E-state index < -0.39 is 11.7 Å². The van der Waals surface area contributed by atoms with Crippen LogP contribution in [-0.4, -0.2) is 22.2 Å². The van der Waals surface area contributed by atoms with Crippen LogP contribution in [0.25, 0.3) is 11.4 Å². The summed E-state index contributed by atoms with van der Waals surface area (Å²) in [7, 11) is 1.47. The van der Waals surface area contributed by atoms with Crippen LogP contribution in [0.4, 0.5) is 13.2 Å². The first-order valence-corrected chi connectivity index (χ1v) is 6.50. The molecule has 0 aliphatic heterocycles. The second-order valence-electron chi connectivity index (χ2n) is 4.73. The monoisotopic (exact) mass is 312 g/mol. The summed E-state index contributed by atoms with van der Waals surface area (Å²) in [6.07, 6.45) is -4.43. The van der Waals surface area contributed by atoms with Crippen LogP contribution in [-0.2, 0) is 24.1 Å². The fourth-order valence-electron chi connectivity index (χ4n) is 2.08. The molecule has 22 heavy (non-hydrogen) atoms. The molecule has 0 bridgehead atoms. The average Bonchev–Trinajstić information content (AvgIpc) is 2.46. The zero-order valence-corrected chi connectivity index (χ0v) is 12.1. The van der Waals surface area contributed by atoms with Gasteiger partial charge in [0.25, 0.3) is 0 Å². The summed E-state index contributed by atoms with van der Waals surface area (Å²) in [5.41, 5.74) is 1.00. The van der Waals surface area contributed by atoms with E-state index in [0.717, 1.165) is 12.1 Å². The van der Waals surface area contributed by atoms with Gasteiger partial charge in [-0.05, 0) is 19.1 Å². The number of aryl methyl sites for hydroxylation is 1. The molecule has 1 N–H and O–H groups in total. The van der Waals surface area contributed by atoms with Gasteiger partial charge in [-0.1, -0.05) is 12.1 Å². The fraction of sp³-hybridized carbons (Fsp3) is 0.333. The van der Waals surface area contributed by atoms with E-state index >= 15 is 0 Å². The van der Waals surface area contributed by atoms with Gasteiger partial charge in [0.1, 0.15) is 0 Å². The van der Waals surface area contributed by atoms with Gasteiger partial charge in [-0.25, -0.2) is 9.97 Å². The highest BCUT2D eigenvalue weighted by atomic mass is 19.4. The number of rotatable bonds is 4. The Hall–Kier alpha value is -1.99. The van der Waals surface area contributed by atoms with Crippen molar-refractivity contribution in [2.45, 2.75) is 26.3 Å². The quantitative estimate of drug-likeness (QED) is 0.942. The van der Waals surface area contributed by atoms with Crippen molar-refractivity contribution < 1.29 is 23.0 Å². The predicted molar refractivity (Wildman–Crippen MR) is 73.8 cm³/mol. The van der Waals surface area contributed by atoms with Crippen LogP contribution in [0.15, 0.2) is 24.3 Å². The summed E-state index contributed by atoms with van der Waals surface area (Å²) in [6, 6.07) is 4.82. The zero-order valence-electron chi connectivity index (χ0n) is 12.1. The van der Waals surface area contributed by atoms with E-state index in [1.807, 2.05) is 0 Å². The molecule has 0 spiro atoms. The second kappa shape index (κ2) is 6.41. The maximum atomic E-state index is 12.8. The Morgan fingerprint density at radius 2 is 1.95 bits per heavy atom. The van der Waals surface area contributed by atoms with E-state index in [4.69, 9.17) is 4.74 Å². The van der Waals surface area contributed by atoms with Gasteiger partial charge >= 0.3 is 6.18 Å². The molecule has 0 amide bonds. The molecule has 0 atom stereocenters. The van der Waals surface area contributed by atoms with Crippen LogP contribution in [0.1, 0.15) is 22.5 Å². The van der Waals surface area contributed by atoms with Crippen molar-refractivity contribution in [2.75, 3.05) is 7.11 Å². The van der Waals surface area contributed by atoms with Gasteiger partial charge in [0.05, 0.1) is 24.5 Å². The summed E-state index contributed by atoms with van der Waals surface area (Å²) < 4.78 is 43.4. The van der Waals surface area contributed by atoms with E-state index in [0.29, 0.717) is 17.0 Å². The molecule has 0 saturated heterocycles. The van der Waals surface area contributed by atoms with Crippen LogP contribution in [0.2, 0.25) is 0 Å². The number of alkyl halides is 3. The SMILES string of the molecule is COCc1nc(-c2cccc(C(F)(F)F)c2)nc(C)c1CO. The molecule has 2 rings (SSSR count). The number of nitrogens with zero attached hydrogens (tertiary/aromatic N) is 2. The van der Waals surface area contributed by atoms with Gasteiger partial charge in [-0.2, -0.15) is 13.2 Å².